The molecule has 3 heteroatoms. The van der Waals surface area contributed by atoms with Crippen molar-refractivity contribution in [3.05, 3.63) is 128 Å². The Morgan fingerprint density at radius 1 is 0.474 bits per heavy atom. The van der Waals surface area contributed by atoms with Crippen LogP contribution in [0.5, 0.6) is 0 Å². The molecule has 0 saturated carbocycles. The molecule has 0 aliphatic heterocycles. The van der Waals surface area contributed by atoms with E-state index in [1.54, 1.807) is 36.4 Å². The molecule has 0 N–H and O–H groups in total. The van der Waals surface area contributed by atoms with Crippen LogP contribution in [0.1, 0.15) is 62.6 Å². The van der Waals surface area contributed by atoms with Gasteiger partial charge >= 0.3 is 6.18 Å². The van der Waals surface area contributed by atoms with Crippen LogP contribution in [0.3, 0.4) is 0 Å². The summed E-state index contributed by atoms with van der Waals surface area (Å²) in [5.74, 6) is 0. The second kappa shape index (κ2) is 11.2. The standard InChI is InChI=1S/C19H21F3.C16H18/c1-12-6-8-16(10-14(12)3)18(5,19(20,21)22)17-9-7-13(2)15(4)11-17;1-11-8-9-15(10-13(11)3)16-7-5-6-12(2)14(16)4/h6-11H,1-5H3;5-10H,1-4H3. The van der Waals surface area contributed by atoms with E-state index in [1.807, 2.05) is 27.7 Å². The molecule has 0 radical (unpaired) electrons. The molecule has 0 bridgehead atoms. The highest BCUT2D eigenvalue weighted by Gasteiger charge is 2.53. The first-order valence-electron chi connectivity index (χ1n) is 13.0. The summed E-state index contributed by atoms with van der Waals surface area (Å²) in [5, 5.41) is 0. The monoisotopic (exact) mass is 516 g/mol. The van der Waals surface area contributed by atoms with Gasteiger partial charge in [0.2, 0.25) is 0 Å². The topological polar surface area (TPSA) is 0 Å². The van der Waals surface area contributed by atoms with Crippen LogP contribution in [-0.2, 0) is 5.41 Å². The van der Waals surface area contributed by atoms with Crippen molar-refractivity contribution < 1.29 is 13.2 Å². The van der Waals surface area contributed by atoms with Gasteiger partial charge < -0.3 is 0 Å². The number of aryl methyl sites for hydroxylation is 7. The zero-order valence-corrected chi connectivity index (χ0v) is 24.1. The predicted octanol–water partition coefficient (Wildman–Crippen LogP) is 10.4. The highest BCUT2D eigenvalue weighted by molar-refractivity contribution is 5.69. The number of hydrogen-bond donors (Lipinski definition) is 0. The van der Waals surface area contributed by atoms with Gasteiger partial charge in [0.05, 0.1) is 0 Å². The summed E-state index contributed by atoms with van der Waals surface area (Å²) in [6.45, 7) is 17.4. The van der Waals surface area contributed by atoms with Crippen LogP contribution in [0.25, 0.3) is 11.1 Å². The van der Waals surface area contributed by atoms with Crippen LogP contribution in [0.2, 0.25) is 0 Å². The first-order valence-corrected chi connectivity index (χ1v) is 13.0. The highest BCUT2D eigenvalue weighted by Crippen LogP contribution is 2.46. The zero-order chi connectivity index (χ0) is 28.4. The molecular formula is C35H39F3. The number of hydrogen-bond acceptors (Lipinski definition) is 0. The van der Waals surface area contributed by atoms with Gasteiger partial charge in [-0.15, -0.1) is 0 Å². The lowest BCUT2D eigenvalue weighted by Crippen LogP contribution is -2.40. The molecule has 0 amide bonds. The van der Waals surface area contributed by atoms with Gasteiger partial charge in [-0.3, -0.25) is 0 Å². The molecule has 0 unspecified atom stereocenters. The number of alkyl halides is 3. The van der Waals surface area contributed by atoms with Crippen LogP contribution in [-0.4, -0.2) is 6.18 Å². The van der Waals surface area contributed by atoms with Gasteiger partial charge in [-0.1, -0.05) is 72.8 Å². The van der Waals surface area contributed by atoms with Crippen LogP contribution < -0.4 is 0 Å². The fourth-order valence-corrected chi connectivity index (χ4v) is 4.57. The first kappa shape index (κ1) is 29.2. The van der Waals surface area contributed by atoms with Crippen molar-refractivity contribution in [3.8, 4) is 11.1 Å². The summed E-state index contributed by atoms with van der Waals surface area (Å²) in [7, 11) is 0. The maximum Gasteiger partial charge on any atom is 0.402 e. The third-order valence-corrected chi connectivity index (χ3v) is 8.16. The maximum atomic E-state index is 13.9. The Morgan fingerprint density at radius 3 is 1.34 bits per heavy atom. The number of rotatable bonds is 3. The number of benzene rings is 4. The fourth-order valence-electron chi connectivity index (χ4n) is 4.57. The summed E-state index contributed by atoms with van der Waals surface area (Å²) >= 11 is 0. The average molecular weight is 517 g/mol. The Bertz CT molecular complexity index is 1390. The van der Waals surface area contributed by atoms with Gasteiger partial charge in [-0.05, 0) is 129 Å². The van der Waals surface area contributed by atoms with Crippen LogP contribution in [0.15, 0.2) is 72.8 Å². The minimum atomic E-state index is -4.36. The van der Waals surface area contributed by atoms with Gasteiger partial charge in [-0.25, -0.2) is 0 Å². The van der Waals surface area contributed by atoms with Gasteiger partial charge in [-0.2, -0.15) is 13.2 Å². The van der Waals surface area contributed by atoms with Gasteiger partial charge in [0.1, 0.15) is 5.41 Å². The minimum absolute atomic E-state index is 0.284. The summed E-state index contributed by atoms with van der Waals surface area (Å²) in [4.78, 5) is 0. The molecular weight excluding hydrogens is 477 g/mol. The Kier molecular flexibility index (Phi) is 8.61. The Morgan fingerprint density at radius 2 is 0.921 bits per heavy atom. The molecule has 0 fully saturated rings. The largest absolute Gasteiger partial charge is 0.402 e. The van der Waals surface area contributed by atoms with Crippen LogP contribution in [0.4, 0.5) is 13.2 Å². The molecule has 0 heterocycles. The molecule has 0 aromatic heterocycles. The van der Waals surface area contributed by atoms with Gasteiger partial charge in [0, 0.05) is 0 Å². The van der Waals surface area contributed by atoms with E-state index in [9.17, 15) is 13.2 Å². The fraction of sp³-hybridized carbons (Fsp3) is 0.314. The summed E-state index contributed by atoms with van der Waals surface area (Å²) in [6.07, 6.45) is -4.36. The molecule has 0 nitrogen and oxygen atoms in total. The average Bonchev–Trinajstić information content (AvgIpc) is 2.85. The van der Waals surface area contributed by atoms with E-state index in [4.69, 9.17) is 0 Å². The molecule has 4 rings (SSSR count). The SMILES string of the molecule is Cc1ccc(-c2cccc(C)c2C)cc1C.Cc1ccc(C(C)(c2ccc(C)c(C)c2)C(F)(F)F)cc1C. The van der Waals surface area contributed by atoms with E-state index < -0.39 is 11.6 Å². The highest BCUT2D eigenvalue weighted by atomic mass is 19.4. The van der Waals surface area contributed by atoms with Crippen molar-refractivity contribution in [2.45, 2.75) is 73.9 Å². The lowest BCUT2D eigenvalue weighted by Gasteiger charge is -2.34. The first-order chi connectivity index (χ1) is 17.7. The smallest absolute Gasteiger partial charge is 0.170 e. The van der Waals surface area contributed by atoms with Crippen molar-refractivity contribution in [2.24, 2.45) is 0 Å². The second-order valence-corrected chi connectivity index (χ2v) is 10.8. The molecule has 0 atom stereocenters. The quantitative estimate of drug-likeness (QED) is 0.254. The molecule has 4 aromatic rings. The van der Waals surface area contributed by atoms with Gasteiger partial charge in [0.15, 0.2) is 0 Å². The summed E-state index contributed by atoms with van der Waals surface area (Å²) < 4.78 is 41.8. The predicted molar refractivity (Wildman–Crippen MR) is 155 cm³/mol. The summed E-state index contributed by atoms with van der Waals surface area (Å²) in [5.41, 5.74) is 10.4. The van der Waals surface area contributed by atoms with E-state index in [1.165, 1.54) is 40.3 Å². The normalized spacial score (nSPS) is 11.7. The lowest BCUT2D eigenvalue weighted by atomic mass is 9.74. The van der Waals surface area contributed by atoms with Crippen LogP contribution in [0, 0.1) is 55.4 Å². The lowest BCUT2D eigenvalue weighted by molar-refractivity contribution is -0.173. The molecule has 0 spiro atoms. The van der Waals surface area contributed by atoms with Crippen molar-refractivity contribution in [3.63, 3.8) is 0 Å². The van der Waals surface area contributed by atoms with Crippen molar-refractivity contribution >= 4 is 0 Å². The van der Waals surface area contributed by atoms with Gasteiger partial charge in [0.25, 0.3) is 0 Å². The zero-order valence-electron chi connectivity index (χ0n) is 24.1. The molecule has 0 aliphatic rings. The minimum Gasteiger partial charge on any atom is -0.170 e. The van der Waals surface area contributed by atoms with E-state index >= 15 is 0 Å². The third kappa shape index (κ3) is 5.88. The van der Waals surface area contributed by atoms with E-state index in [0.29, 0.717) is 0 Å². The number of halogens is 3. The Hall–Kier alpha value is -3.33. The Balaban J connectivity index is 0.000000221. The van der Waals surface area contributed by atoms with Crippen molar-refractivity contribution in [1.82, 2.24) is 0 Å². The second-order valence-electron chi connectivity index (χ2n) is 10.8. The Labute approximate surface area is 226 Å². The summed E-state index contributed by atoms with van der Waals surface area (Å²) in [6, 6.07) is 23.2. The third-order valence-electron chi connectivity index (χ3n) is 8.16. The molecule has 200 valence electrons. The maximum absolute atomic E-state index is 13.9. The molecule has 4 aromatic carbocycles. The van der Waals surface area contributed by atoms with E-state index in [0.717, 1.165) is 22.3 Å². The molecule has 0 aliphatic carbocycles. The molecule has 0 saturated heterocycles. The van der Waals surface area contributed by atoms with Crippen molar-refractivity contribution in [1.29, 1.82) is 0 Å². The molecule has 38 heavy (non-hydrogen) atoms. The van der Waals surface area contributed by atoms with Crippen molar-refractivity contribution in [2.75, 3.05) is 0 Å². The van der Waals surface area contributed by atoms with E-state index in [-0.39, 0.29) is 11.1 Å². The van der Waals surface area contributed by atoms with Crippen LogP contribution >= 0.6 is 0 Å². The van der Waals surface area contributed by atoms with E-state index in [2.05, 4.69) is 64.1 Å².